The first kappa shape index (κ1) is 18.1. The number of aryl methyl sites for hydroxylation is 1. The fourth-order valence-corrected chi connectivity index (χ4v) is 2.77. The van der Waals surface area contributed by atoms with E-state index in [9.17, 15) is 0 Å². The van der Waals surface area contributed by atoms with Crippen molar-refractivity contribution in [3.8, 4) is 11.5 Å². The SMILES string of the molecule is Br.CCn1c(=N)n(CCOc2ccc(OC)cc2)c2ccccc21. The van der Waals surface area contributed by atoms with Gasteiger partial charge < -0.3 is 18.6 Å². The molecule has 0 bridgehead atoms. The Morgan fingerprint density at radius 3 is 2.08 bits per heavy atom. The highest BCUT2D eigenvalue weighted by molar-refractivity contribution is 8.93. The van der Waals surface area contributed by atoms with Crippen LogP contribution in [0.25, 0.3) is 11.0 Å². The summed E-state index contributed by atoms with van der Waals surface area (Å²) < 4.78 is 14.9. The molecule has 0 saturated heterocycles. The molecule has 1 heterocycles. The molecule has 2 aromatic carbocycles. The third-order valence-electron chi connectivity index (χ3n) is 3.93. The molecule has 3 rings (SSSR count). The lowest BCUT2D eigenvalue weighted by molar-refractivity contribution is 0.296. The zero-order valence-corrected chi connectivity index (χ0v) is 15.6. The van der Waals surface area contributed by atoms with Crippen molar-refractivity contribution in [2.24, 2.45) is 0 Å². The highest BCUT2D eigenvalue weighted by atomic mass is 79.9. The summed E-state index contributed by atoms with van der Waals surface area (Å²) in [6, 6.07) is 15.6. The summed E-state index contributed by atoms with van der Waals surface area (Å²) in [5.41, 5.74) is 2.66. The van der Waals surface area contributed by atoms with Gasteiger partial charge in [0.05, 0.1) is 24.7 Å². The number of aromatic nitrogens is 2. The topological polar surface area (TPSA) is 52.2 Å². The number of nitrogens with one attached hydrogen (secondary N) is 1. The summed E-state index contributed by atoms with van der Waals surface area (Å²) >= 11 is 0. The predicted molar refractivity (Wildman–Crippen MR) is 100 cm³/mol. The number of rotatable bonds is 6. The summed E-state index contributed by atoms with van der Waals surface area (Å²) in [7, 11) is 1.64. The molecule has 0 atom stereocenters. The molecule has 0 aliphatic rings. The number of ether oxygens (including phenoxy) is 2. The average Bonchev–Trinajstić information content (AvgIpc) is 2.87. The van der Waals surface area contributed by atoms with E-state index < -0.39 is 0 Å². The van der Waals surface area contributed by atoms with E-state index in [-0.39, 0.29) is 17.0 Å². The fourth-order valence-electron chi connectivity index (χ4n) is 2.77. The molecule has 0 unspecified atom stereocenters. The molecule has 5 nitrogen and oxygen atoms in total. The average molecular weight is 392 g/mol. The molecule has 1 N–H and O–H groups in total. The molecule has 3 aromatic rings. The zero-order chi connectivity index (χ0) is 16.2. The van der Waals surface area contributed by atoms with Crippen molar-refractivity contribution >= 4 is 28.0 Å². The van der Waals surface area contributed by atoms with Crippen LogP contribution in [-0.4, -0.2) is 22.9 Å². The molecule has 0 aliphatic carbocycles. The first-order valence-electron chi connectivity index (χ1n) is 7.74. The van der Waals surface area contributed by atoms with Gasteiger partial charge in [-0.25, -0.2) is 0 Å². The third kappa shape index (κ3) is 3.48. The van der Waals surface area contributed by atoms with E-state index in [0.29, 0.717) is 18.8 Å². The summed E-state index contributed by atoms with van der Waals surface area (Å²) in [6.07, 6.45) is 0. The van der Waals surface area contributed by atoms with Crippen molar-refractivity contribution in [1.82, 2.24) is 9.13 Å². The van der Waals surface area contributed by atoms with Gasteiger partial charge in [-0.15, -0.1) is 17.0 Å². The lowest BCUT2D eigenvalue weighted by Crippen LogP contribution is -2.26. The second kappa shape index (κ2) is 8.06. The Bertz CT molecular complexity index is 853. The van der Waals surface area contributed by atoms with Crippen molar-refractivity contribution in [3.63, 3.8) is 0 Å². The van der Waals surface area contributed by atoms with Crippen LogP contribution >= 0.6 is 17.0 Å². The Kier molecular flexibility index (Phi) is 6.09. The third-order valence-corrected chi connectivity index (χ3v) is 3.93. The maximum absolute atomic E-state index is 8.36. The number of fused-ring (bicyclic) bond motifs is 1. The standard InChI is InChI=1S/C18H21N3O2.BrH/c1-3-20-16-6-4-5-7-17(16)21(18(20)19)12-13-23-15-10-8-14(22-2)9-11-15;/h4-11,19H,3,12-13H2,1-2H3;1H. The van der Waals surface area contributed by atoms with Crippen molar-refractivity contribution in [3.05, 3.63) is 54.1 Å². The molecule has 6 heteroatoms. The molecule has 0 spiro atoms. The van der Waals surface area contributed by atoms with E-state index in [1.807, 2.05) is 51.6 Å². The van der Waals surface area contributed by atoms with Gasteiger partial charge in [-0.2, -0.15) is 0 Å². The van der Waals surface area contributed by atoms with E-state index in [1.54, 1.807) is 7.11 Å². The van der Waals surface area contributed by atoms with Crippen LogP contribution in [0.3, 0.4) is 0 Å². The lowest BCUT2D eigenvalue weighted by Gasteiger charge is -2.08. The van der Waals surface area contributed by atoms with Crippen LogP contribution in [0, 0.1) is 5.41 Å². The van der Waals surface area contributed by atoms with Gasteiger partial charge in [-0.05, 0) is 43.3 Å². The number of imidazole rings is 1. The molecular weight excluding hydrogens is 370 g/mol. The normalized spacial score (nSPS) is 10.4. The van der Waals surface area contributed by atoms with Crippen LogP contribution in [0.4, 0.5) is 0 Å². The second-order valence-corrected chi connectivity index (χ2v) is 5.23. The van der Waals surface area contributed by atoms with Crippen molar-refractivity contribution < 1.29 is 9.47 Å². The molecule has 0 aliphatic heterocycles. The smallest absolute Gasteiger partial charge is 0.203 e. The highest BCUT2D eigenvalue weighted by Crippen LogP contribution is 2.17. The van der Waals surface area contributed by atoms with E-state index in [4.69, 9.17) is 14.9 Å². The minimum atomic E-state index is 0. The zero-order valence-electron chi connectivity index (χ0n) is 13.9. The van der Waals surface area contributed by atoms with Gasteiger partial charge >= 0.3 is 0 Å². The van der Waals surface area contributed by atoms with E-state index in [2.05, 4.69) is 13.0 Å². The quantitative estimate of drug-likeness (QED) is 0.697. The number of methoxy groups -OCH3 is 1. The van der Waals surface area contributed by atoms with Gasteiger partial charge in [0, 0.05) is 6.54 Å². The lowest BCUT2D eigenvalue weighted by atomic mass is 10.3. The minimum Gasteiger partial charge on any atom is -0.497 e. The minimum absolute atomic E-state index is 0. The van der Waals surface area contributed by atoms with E-state index in [1.165, 1.54) is 0 Å². The van der Waals surface area contributed by atoms with Crippen LogP contribution in [-0.2, 0) is 13.1 Å². The van der Waals surface area contributed by atoms with Gasteiger partial charge in [0.25, 0.3) is 0 Å². The largest absolute Gasteiger partial charge is 0.497 e. The maximum atomic E-state index is 8.36. The molecule has 0 radical (unpaired) electrons. The summed E-state index contributed by atoms with van der Waals surface area (Å²) in [4.78, 5) is 0. The monoisotopic (exact) mass is 391 g/mol. The van der Waals surface area contributed by atoms with Gasteiger partial charge in [0.15, 0.2) is 0 Å². The van der Waals surface area contributed by atoms with Crippen molar-refractivity contribution in [2.75, 3.05) is 13.7 Å². The molecule has 0 amide bonds. The molecule has 1 aromatic heterocycles. The molecule has 0 fully saturated rings. The first-order valence-corrected chi connectivity index (χ1v) is 7.74. The van der Waals surface area contributed by atoms with Crippen LogP contribution in [0.1, 0.15) is 6.92 Å². The van der Waals surface area contributed by atoms with Crippen LogP contribution < -0.4 is 15.1 Å². The number of halogens is 1. The number of hydrogen-bond donors (Lipinski definition) is 1. The Morgan fingerprint density at radius 1 is 0.917 bits per heavy atom. The van der Waals surface area contributed by atoms with E-state index in [0.717, 1.165) is 29.1 Å². The number of para-hydroxylation sites is 2. The summed E-state index contributed by atoms with van der Waals surface area (Å²) in [5.74, 6) is 1.61. The molecule has 0 saturated carbocycles. The summed E-state index contributed by atoms with van der Waals surface area (Å²) in [5, 5.41) is 8.36. The second-order valence-electron chi connectivity index (χ2n) is 5.23. The maximum Gasteiger partial charge on any atom is 0.203 e. The molecule has 128 valence electrons. The number of benzene rings is 2. The first-order chi connectivity index (χ1) is 11.2. The Balaban J connectivity index is 0.00000208. The predicted octanol–water partition coefficient (Wildman–Crippen LogP) is 3.61. The Labute approximate surface area is 151 Å². The van der Waals surface area contributed by atoms with Crippen molar-refractivity contribution in [1.29, 1.82) is 5.41 Å². The van der Waals surface area contributed by atoms with Gasteiger partial charge in [0.1, 0.15) is 18.1 Å². The van der Waals surface area contributed by atoms with Crippen LogP contribution in [0.15, 0.2) is 48.5 Å². The Hall–Kier alpha value is -2.21. The van der Waals surface area contributed by atoms with Crippen LogP contribution in [0.5, 0.6) is 11.5 Å². The van der Waals surface area contributed by atoms with Gasteiger partial charge in [-0.3, -0.25) is 5.41 Å². The van der Waals surface area contributed by atoms with Gasteiger partial charge in [0.2, 0.25) is 5.62 Å². The Morgan fingerprint density at radius 2 is 1.50 bits per heavy atom. The van der Waals surface area contributed by atoms with Crippen molar-refractivity contribution in [2.45, 2.75) is 20.0 Å². The molecular formula is C18H22BrN3O2. The summed E-state index contributed by atoms with van der Waals surface area (Å²) in [6.45, 7) is 3.99. The van der Waals surface area contributed by atoms with E-state index >= 15 is 0 Å². The number of hydrogen-bond acceptors (Lipinski definition) is 3. The molecule has 24 heavy (non-hydrogen) atoms. The van der Waals surface area contributed by atoms with Gasteiger partial charge in [-0.1, -0.05) is 12.1 Å². The fraction of sp³-hybridized carbons (Fsp3) is 0.278. The van der Waals surface area contributed by atoms with Crippen LogP contribution in [0.2, 0.25) is 0 Å². The number of nitrogens with zero attached hydrogens (tertiary/aromatic N) is 2. The highest BCUT2D eigenvalue weighted by Gasteiger charge is 2.08.